The van der Waals surface area contributed by atoms with Crippen molar-refractivity contribution < 1.29 is 23.1 Å². The molecule has 3 heterocycles. The summed E-state index contributed by atoms with van der Waals surface area (Å²) >= 11 is 12.7. The average Bonchev–Trinajstić information content (AvgIpc) is 3.25. The number of hydrogen-bond donors (Lipinski definition) is 3. The van der Waals surface area contributed by atoms with E-state index in [1.54, 1.807) is 34.9 Å². The lowest BCUT2D eigenvalue weighted by Gasteiger charge is -2.28. The molecule has 5 rings (SSSR count). The van der Waals surface area contributed by atoms with Crippen molar-refractivity contribution in [2.24, 2.45) is 0 Å². The van der Waals surface area contributed by atoms with Crippen LogP contribution >= 0.6 is 23.2 Å². The number of nitrogens with one attached hydrogen (secondary N) is 2. The molecule has 0 amide bonds. The standard InChI is InChI=1S/C21H18Cl2N6O2.C2HF3O2/c22-13-4-3-5-14(12-13)28-18-17(19(30)26-21(28)31)29(16-7-2-1-6-15(16)23)20(25-18)27-10-8-24-9-11-27;3-2(4,5)1(6)7/h1-7,12,24H,8-11H2,(H,26,30,31);(H,6,7). The first-order chi connectivity index (χ1) is 18.0. The van der Waals surface area contributed by atoms with Crippen LogP contribution in [0.4, 0.5) is 19.1 Å². The highest BCUT2D eigenvalue weighted by atomic mass is 35.5. The van der Waals surface area contributed by atoms with E-state index in [4.69, 9.17) is 38.1 Å². The summed E-state index contributed by atoms with van der Waals surface area (Å²) in [6, 6.07) is 14.1. The normalized spacial score (nSPS) is 13.8. The number of para-hydroxylation sites is 1. The predicted molar refractivity (Wildman–Crippen MR) is 136 cm³/mol. The molecular weight excluding hydrogens is 552 g/mol. The number of aliphatic carboxylic acids is 1. The Morgan fingerprint density at radius 1 is 1.00 bits per heavy atom. The molecule has 2 aromatic carbocycles. The zero-order valence-electron chi connectivity index (χ0n) is 19.3. The second kappa shape index (κ2) is 10.9. The number of carboxylic acid groups (broad SMARTS) is 1. The van der Waals surface area contributed by atoms with Gasteiger partial charge >= 0.3 is 17.8 Å². The van der Waals surface area contributed by atoms with Gasteiger partial charge in [-0.15, -0.1) is 0 Å². The summed E-state index contributed by atoms with van der Waals surface area (Å²) in [6.07, 6.45) is -5.08. The minimum atomic E-state index is -5.08. The summed E-state index contributed by atoms with van der Waals surface area (Å²) < 4.78 is 34.8. The SMILES string of the molecule is O=C(O)C(F)(F)F.O=c1[nH]c(=O)n(-c2cccc(Cl)c2)c2nc(N3CCNCC3)n(-c3ccccc3Cl)c12. The van der Waals surface area contributed by atoms with Gasteiger partial charge < -0.3 is 15.3 Å². The molecule has 0 aliphatic carbocycles. The number of alkyl halides is 3. The number of halogens is 5. The second-order valence-electron chi connectivity index (χ2n) is 7.99. The molecule has 1 fully saturated rings. The Balaban J connectivity index is 0.000000426. The minimum Gasteiger partial charge on any atom is -0.475 e. The monoisotopic (exact) mass is 570 g/mol. The van der Waals surface area contributed by atoms with E-state index in [0.29, 0.717) is 40.5 Å². The van der Waals surface area contributed by atoms with Crippen molar-refractivity contribution in [1.29, 1.82) is 0 Å². The summed E-state index contributed by atoms with van der Waals surface area (Å²) in [5.74, 6) is -2.20. The van der Waals surface area contributed by atoms with Gasteiger partial charge in [-0.05, 0) is 30.3 Å². The second-order valence-corrected chi connectivity index (χ2v) is 8.83. The van der Waals surface area contributed by atoms with E-state index in [0.717, 1.165) is 13.1 Å². The lowest BCUT2D eigenvalue weighted by atomic mass is 10.3. The third kappa shape index (κ3) is 5.54. The number of rotatable bonds is 3. The molecule has 4 aromatic rings. The van der Waals surface area contributed by atoms with Crippen molar-refractivity contribution in [3.8, 4) is 11.4 Å². The summed E-state index contributed by atoms with van der Waals surface area (Å²) in [5.41, 5.74) is 0.476. The third-order valence-corrected chi connectivity index (χ3v) is 6.05. The Morgan fingerprint density at radius 3 is 2.26 bits per heavy atom. The molecule has 0 radical (unpaired) electrons. The van der Waals surface area contributed by atoms with Gasteiger partial charge in [0.1, 0.15) is 0 Å². The molecule has 15 heteroatoms. The van der Waals surface area contributed by atoms with Gasteiger partial charge in [-0.1, -0.05) is 41.4 Å². The van der Waals surface area contributed by atoms with E-state index in [1.807, 2.05) is 18.2 Å². The quantitative estimate of drug-likeness (QED) is 0.345. The fourth-order valence-electron chi connectivity index (χ4n) is 3.86. The maximum absolute atomic E-state index is 13.0. The zero-order chi connectivity index (χ0) is 27.6. The number of aromatic nitrogens is 4. The van der Waals surface area contributed by atoms with Gasteiger partial charge in [-0.3, -0.25) is 14.3 Å². The van der Waals surface area contributed by atoms with Crippen LogP contribution in [-0.2, 0) is 4.79 Å². The number of carboxylic acids is 1. The number of H-pyrrole nitrogens is 1. The molecule has 1 aliphatic heterocycles. The molecule has 2 aromatic heterocycles. The van der Waals surface area contributed by atoms with E-state index in [1.165, 1.54) is 4.57 Å². The fraction of sp³-hybridized carbons (Fsp3) is 0.217. The number of aromatic amines is 1. The number of anilines is 1. The van der Waals surface area contributed by atoms with E-state index in [9.17, 15) is 22.8 Å². The molecule has 1 aliphatic rings. The Labute approximate surface area is 221 Å². The third-order valence-electron chi connectivity index (χ3n) is 5.49. The van der Waals surface area contributed by atoms with Crippen molar-refractivity contribution in [2.45, 2.75) is 6.18 Å². The molecule has 200 valence electrons. The number of hydrogen-bond acceptors (Lipinski definition) is 6. The lowest BCUT2D eigenvalue weighted by molar-refractivity contribution is -0.192. The summed E-state index contributed by atoms with van der Waals surface area (Å²) in [4.78, 5) is 44.0. The maximum atomic E-state index is 13.0. The first kappa shape index (κ1) is 27.2. The van der Waals surface area contributed by atoms with Crippen molar-refractivity contribution >= 4 is 46.3 Å². The van der Waals surface area contributed by atoms with Crippen LogP contribution in [-0.4, -0.2) is 62.5 Å². The highest BCUT2D eigenvalue weighted by Gasteiger charge is 2.38. The number of piperazine rings is 1. The Morgan fingerprint density at radius 2 is 1.66 bits per heavy atom. The molecule has 0 bridgehead atoms. The van der Waals surface area contributed by atoms with Gasteiger partial charge in [0, 0.05) is 31.2 Å². The lowest BCUT2D eigenvalue weighted by Crippen LogP contribution is -2.44. The van der Waals surface area contributed by atoms with Crippen LogP contribution < -0.4 is 21.5 Å². The van der Waals surface area contributed by atoms with Crippen LogP contribution in [0.25, 0.3) is 22.5 Å². The summed E-state index contributed by atoms with van der Waals surface area (Å²) in [7, 11) is 0. The van der Waals surface area contributed by atoms with Gasteiger partial charge in [-0.25, -0.2) is 14.2 Å². The average molecular weight is 571 g/mol. The van der Waals surface area contributed by atoms with Gasteiger partial charge in [0.05, 0.1) is 16.4 Å². The summed E-state index contributed by atoms with van der Waals surface area (Å²) in [6.45, 7) is 2.96. The van der Waals surface area contributed by atoms with Crippen molar-refractivity contribution in [3.05, 3.63) is 79.4 Å². The van der Waals surface area contributed by atoms with Crippen LogP contribution in [0.1, 0.15) is 0 Å². The number of fused-ring (bicyclic) bond motifs is 1. The Kier molecular flexibility index (Phi) is 7.81. The molecule has 3 N–H and O–H groups in total. The maximum Gasteiger partial charge on any atom is 0.490 e. The van der Waals surface area contributed by atoms with Crippen LogP contribution in [0.3, 0.4) is 0 Å². The largest absolute Gasteiger partial charge is 0.490 e. The van der Waals surface area contributed by atoms with Crippen LogP contribution in [0, 0.1) is 0 Å². The molecule has 0 unspecified atom stereocenters. The Bertz CT molecular complexity index is 1610. The van der Waals surface area contributed by atoms with Crippen LogP contribution in [0.2, 0.25) is 10.0 Å². The number of benzene rings is 2. The number of carbonyl (C=O) groups is 1. The van der Waals surface area contributed by atoms with Crippen molar-refractivity contribution in [3.63, 3.8) is 0 Å². The first-order valence-corrected chi connectivity index (χ1v) is 11.8. The molecule has 0 atom stereocenters. The summed E-state index contributed by atoms with van der Waals surface area (Å²) in [5, 5.41) is 11.4. The number of nitrogens with zero attached hydrogens (tertiary/aromatic N) is 4. The van der Waals surface area contributed by atoms with E-state index < -0.39 is 23.4 Å². The van der Waals surface area contributed by atoms with Crippen LogP contribution in [0.5, 0.6) is 0 Å². The Hall–Kier alpha value is -3.81. The minimum absolute atomic E-state index is 0.237. The van der Waals surface area contributed by atoms with E-state index in [-0.39, 0.29) is 11.2 Å². The van der Waals surface area contributed by atoms with Gasteiger partial charge in [-0.2, -0.15) is 18.2 Å². The molecule has 38 heavy (non-hydrogen) atoms. The highest BCUT2D eigenvalue weighted by Crippen LogP contribution is 2.30. The zero-order valence-corrected chi connectivity index (χ0v) is 20.8. The first-order valence-electron chi connectivity index (χ1n) is 11.0. The smallest absolute Gasteiger partial charge is 0.475 e. The molecule has 10 nitrogen and oxygen atoms in total. The van der Waals surface area contributed by atoms with Crippen molar-refractivity contribution in [1.82, 2.24) is 24.4 Å². The molecule has 0 spiro atoms. The number of imidazole rings is 1. The molecule has 0 saturated carbocycles. The van der Waals surface area contributed by atoms with Gasteiger partial charge in [0.15, 0.2) is 11.2 Å². The topological polar surface area (TPSA) is 125 Å². The van der Waals surface area contributed by atoms with E-state index >= 15 is 0 Å². The van der Waals surface area contributed by atoms with Gasteiger partial charge in [0.25, 0.3) is 5.56 Å². The molecule has 1 saturated heterocycles. The highest BCUT2D eigenvalue weighted by molar-refractivity contribution is 6.32. The predicted octanol–water partition coefficient (Wildman–Crippen LogP) is 3.21. The fourth-order valence-corrected chi connectivity index (χ4v) is 4.26. The van der Waals surface area contributed by atoms with Crippen LogP contribution in [0.15, 0.2) is 58.1 Å². The van der Waals surface area contributed by atoms with E-state index in [2.05, 4.69) is 15.2 Å². The van der Waals surface area contributed by atoms with Gasteiger partial charge in [0.2, 0.25) is 5.95 Å². The van der Waals surface area contributed by atoms with Crippen molar-refractivity contribution in [2.75, 3.05) is 31.1 Å². The molecular formula is C23H19Cl2F3N6O4.